The second-order valence-electron chi connectivity index (χ2n) is 31.5. The lowest BCUT2D eigenvalue weighted by Gasteiger charge is -2.33. The van der Waals surface area contributed by atoms with Gasteiger partial charge in [-0.15, -0.1) is 56.7 Å². The van der Waals surface area contributed by atoms with E-state index >= 15 is 0 Å². The van der Waals surface area contributed by atoms with Crippen LogP contribution in [0.15, 0.2) is 31.6 Å². The SMILES string of the molecule is [2H]C([2H])([2H])N(C)C1CCC(Nc2ncnc3sc4c(c23)CC([2H])([2H])C4([2H])[2H])CC1.[2H]C1([2H])CC([2H])([2H])c2c1sc1ncnc(NC3CCC(N(C)C)CC3)c21.[2H]C1([2H])CCc2c1sc1ncnc(NC3CCC(N(C)C([2H])([2H])[2H])CC3)c21.[2H]C1([2H])Cc2c(sc3ncnc(NC4CCC(N(C)C)CC4)c23)C1([2H])[2H].[2H]C1([2H])Cc2sc3ncnc(NC4CCC(N(C)C)CC4)c3c2C1([2H])[2H]. The monoisotopic (exact) mass is 1610 g/mol. The molecule has 0 unspecified atom stereocenters. The van der Waals surface area contributed by atoms with Crippen LogP contribution < -0.4 is 26.6 Å². The average Bonchev–Trinajstić information content (AvgIpc) is 1.59. The fraction of sp³-hybridized carbons (Fsp3) is 0.647. The number of aryl methyl sites for hydroxylation is 10. The average molecular weight is 1610 g/mol. The summed E-state index contributed by atoms with van der Waals surface area (Å²) >= 11 is 6.57. The molecular weight excluding hydrogens is 1460 g/mol. The molecule has 5 fully saturated rings. The van der Waals surface area contributed by atoms with E-state index in [2.05, 4.69) is 133 Å². The molecule has 0 spiro atoms. The third kappa shape index (κ3) is 17.5. The molecule has 0 atom stereocenters. The highest BCUT2D eigenvalue weighted by Crippen LogP contribution is 2.46. The summed E-state index contributed by atoms with van der Waals surface area (Å²) < 4.78 is 193. The van der Waals surface area contributed by atoms with Crippen molar-refractivity contribution in [2.45, 2.75) is 285 Å². The molecule has 20 nitrogen and oxygen atoms in total. The van der Waals surface area contributed by atoms with Crippen molar-refractivity contribution >= 4 is 137 Å². The van der Waals surface area contributed by atoms with E-state index in [9.17, 15) is 0 Å². The number of anilines is 5. The molecule has 0 aromatic carbocycles. The summed E-state index contributed by atoms with van der Waals surface area (Å²) in [5, 5.41) is 21.4. The number of rotatable bonds is 15. The Morgan fingerprint density at radius 2 is 0.545 bits per heavy atom. The minimum atomic E-state index is -2.08. The normalized spacial score (nSPS) is 32.4. The van der Waals surface area contributed by atoms with Crippen molar-refractivity contribution in [2.24, 2.45) is 0 Å². The van der Waals surface area contributed by atoms with E-state index in [1.807, 2.05) is 0 Å². The van der Waals surface area contributed by atoms with E-state index in [1.165, 1.54) is 91.8 Å². The molecule has 10 aromatic rings. The van der Waals surface area contributed by atoms with Crippen molar-refractivity contribution < 1.29 is 32.9 Å². The van der Waals surface area contributed by atoms with Gasteiger partial charge in [0.2, 0.25) is 0 Å². The molecule has 0 radical (unpaired) electrons. The summed E-state index contributed by atoms with van der Waals surface area (Å²) in [6, 6.07) is 3.31. The Labute approximate surface area is 706 Å². The molecule has 20 rings (SSSR count). The van der Waals surface area contributed by atoms with Crippen molar-refractivity contribution in [3.63, 3.8) is 0 Å². The highest BCUT2D eigenvalue weighted by atomic mass is 32.1. The van der Waals surface area contributed by atoms with Gasteiger partial charge in [0, 0.05) is 118 Å². The quantitative estimate of drug-likeness (QED) is 0.0647. The second-order valence-corrected chi connectivity index (χ2v) is 36.5. The third-order valence-corrected chi connectivity index (χ3v) is 29.2. The van der Waals surface area contributed by atoms with E-state index in [1.54, 1.807) is 20.4 Å². The fourth-order valence-corrected chi connectivity index (χ4v) is 22.7. The second kappa shape index (κ2) is 35.4. The number of nitrogens with one attached hydrogen (secondary N) is 5. The Hall–Kier alpha value is -6.00. The van der Waals surface area contributed by atoms with Crippen LogP contribution in [0, 0.1) is 0 Å². The van der Waals surface area contributed by atoms with Gasteiger partial charge in [0.15, 0.2) is 0 Å². The summed E-state index contributed by atoms with van der Waals surface area (Å²) in [6.45, 7) is -4.13. The molecule has 0 aliphatic heterocycles. The molecular formula is C85H120N20S5. The minimum Gasteiger partial charge on any atom is -0.367 e. The molecule has 110 heavy (non-hydrogen) atoms. The standard InChI is InChI=1S/5C17H24N4S/c5*1-21(2)12-8-6-11(7-9-12)20-16-15-13-4-3-5-14(13)22-17(15)19-10-18-16/h5*10-12H,3-9H2,1-2H3,(H,18,19,20)/i1D3,3D2,5D2;4D2,5D2;3D2,5D2;3D2,4D2;1D3,5D2. The molecule has 10 aliphatic rings. The van der Waals surface area contributed by atoms with Gasteiger partial charge in [0.05, 0.1) is 26.9 Å². The lowest BCUT2D eigenvalue weighted by molar-refractivity contribution is 0.221. The highest BCUT2D eigenvalue weighted by molar-refractivity contribution is 7.20. The first-order chi connectivity index (χ1) is 62.7. The van der Waals surface area contributed by atoms with Gasteiger partial charge in [0.25, 0.3) is 0 Å². The molecule has 0 amide bonds. The van der Waals surface area contributed by atoms with Gasteiger partial charge in [-0.1, -0.05) is 0 Å². The maximum absolute atomic E-state index is 8.37. The van der Waals surface area contributed by atoms with Crippen LogP contribution in [0.4, 0.5) is 29.1 Å². The van der Waals surface area contributed by atoms with E-state index in [-0.39, 0.29) is 49.9 Å². The van der Waals surface area contributed by atoms with Gasteiger partial charge in [-0.25, -0.2) is 49.8 Å². The molecule has 25 heteroatoms. The lowest BCUT2D eigenvalue weighted by Crippen LogP contribution is -2.36. The van der Waals surface area contributed by atoms with E-state index in [0.29, 0.717) is 112 Å². The highest BCUT2D eigenvalue weighted by Gasteiger charge is 2.33. The Balaban J connectivity index is 0.000000122. The van der Waals surface area contributed by atoms with Gasteiger partial charge in [-0.2, -0.15) is 0 Å². The van der Waals surface area contributed by atoms with Crippen molar-refractivity contribution in [3.8, 4) is 0 Å². The number of nitrogens with zero attached hydrogens (tertiary/aromatic N) is 15. The van der Waals surface area contributed by atoms with Crippen molar-refractivity contribution in [1.29, 1.82) is 0 Å². The van der Waals surface area contributed by atoms with Gasteiger partial charge in [-0.3, -0.25) is 0 Å². The van der Waals surface area contributed by atoms with Crippen LogP contribution in [0.3, 0.4) is 0 Å². The minimum absolute atomic E-state index is 0.00745. The van der Waals surface area contributed by atoms with Crippen LogP contribution in [0.25, 0.3) is 51.1 Å². The van der Waals surface area contributed by atoms with E-state index in [0.717, 1.165) is 198 Å². The molecule has 590 valence electrons. The summed E-state index contributed by atoms with van der Waals surface area (Å²) in [5.74, 6) is 3.45. The van der Waals surface area contributed by atoms with Crippen LogP contribution in [-0.4, -0.2) is 205 Å². The number of fused-ring (bicyclic) bond motifs is 15. The summed E-state index contributed by atoms with van der Waals surface area (Å²) in [4.78, 5) is 60.0. The zero-order chi connectivity index (χ0) is 96.7. The first-order valence-corrected chi connectivity index (χ1v) is 43.4. The zero-order valence-corrected chi connectivity index (χ0v) is 68.4. The Morgan fingerprint density at radius 3 is 0.873 bits per heavy atom. The first kappa shape index (κ1) is 54.0. The Bertz CT molecular complexity index is 5870. The third-order valence-electron chi connectivity index (χ3n) is 23.9. The fourth-order valence-electron chi connectivity index (χ4n) is 17.4. The van der Waals surface area contributed by atoms with Crippen molar-refractivity contribution in [3.05, 3.63) is 83.8 Å². The number of hydrogen-bond acceptors (Lipinski definition) is 25. The van der Waals surface area contributed by atoms with E-state index in [4.69, 9.17) is 32.9 Å². The molecule has 5 saturated carbocycles. The van der Waals surface area contributed by atoms with Crippen LogP contribution in [0.5, 0.6) is 0 Å². The van der Waals surface area contributed by atoms with E-state index < -0.39 is 71.3 Å². The topological polar surface area (TPSA) is 205 Å². The summed E-state index contributed by atoms with van der Waals surface area (Å²) in [7, 11) is 16.1. The predicted molar refractivity (Wildman–Crippen MR) is 464 cm³/mol. The van der Waals surface area contributed by atoms with Crippen LogP contribution in [-0.2, 0) is 63.9 Å². The molecule has 0 saturated heterocycles. The van der Waals surface area contributed by atoms with Crippen molar-refractivity contribution in [2.75, 3.05) is 96.9 Å². The zero-order valence-electron chi connectivity index (χ0n) is 88.3. The molecule has 10 aliphatic carbocycles. The number of thiophene rings is 5. The molecule has 10 heterocycles. The Kier molecular flexibility index (Phi) is 17.4. The van der Waals surface area contributed by atoms with Crippen molar-refractivity contribution in [1.82, 2.24) is 74.3 Å². The number of hydrogen-bond donors (Lipinski definition) is 5. The predicted octanol–water partition coefficient (Wildman–Crippen LogP) is 17.3. The van der Waals surface area contributed by atoms with Gasteiger partial charge in [-0.05, 0) is 322 Å². The van der Waals surface area contributed by atoms with Crippen LogP contribution in [0.1, 0.15) is 245 Å². The maximum Gasteiger partial charge on any atom is 0.138 e. The smallest absolute Gasteiger partial charge is 0.138 e. The number of aromatic nitrogens is 10. The summed E-state index contributed by atoms with van der Waals surface area (Å²) in [5.41, 5.74) is 3.36. The van der Waals surface area contributed by atoms with Gasteiger partial charge < -0.3 is 51.1 Å². The summed E-state index contributed by atoms with van der Waals surface area (Å²) in [6.07, 6.45) is 12.2. The largest absolute Gasteiger partial charge is 0.367 e. The van der Waals surface area contributed by atoms with Gasteiger partial charge >= 0.3 is 0 Å². The molecule has 10 aromatic heterocycles. The van der Waals surface area contributed by atoms with Gasteiger partial charge in [0.1, 0.15) is 84.9 Å². The van der Waals surface area contributed by atoms with Crippen LogP contribution >= 0.6 is 56.7 Å². The van der Waals surface area contributed by atoms with Crippen LogP contribution in [0.2, 0.25) is 0 Å². The molecule has 5 N–H and O–H groups in total. The Morgan fingerprint density at radius 1 is 0.282 bits per heavy atom. The molecule has 0 bridgehead atoms. The maximum atomic E-state index is 8.37. The first-order valence-electron chi connectivity index (χ1n) is 51.3. The lowest BCUT2D eigenvalue weighted by atomic mass is 9.90.